The lowest BCUT2D eigenvalue weighted by molar-refractivity contribution is -0.0428. The number of ketones is 1. The van der Waals surface area contributed by atoms with Crippen molar-refractivity contribution < 1.29 is 13.9 Å². The molecule has 1 heterocycles. The van der Waals surface area contributed by atoms with E-state index in [4.69, 9.17) is 4.74 Å². The van der Waals surface area contributed by atoms with E-state index < -0.39 is 11.4 Å². The third-order valence-electron chi connectivity index (χ3n) is 3.12. The van der Waals surface area contributed by atoms with E-state index in [0.29, 0.717) is 17.5 Å². The number of hydrogen-bond acceptors (Lipinski definition) is 2. The van der Waals surface area contributed by atoms with Crippen molar-refractivity contribution in [3.05, 3.63) is 34.1 Å². The third-order valence-corrected chi connectivity index (χ3v) is 3.62. The summed E-state index contributed by atoms with van der Waals surface area (Å²) in [5.41, 5.74) is -0.774. The quantitative estimate of drug-likeness (QED) is 0.778. The SMILES string of the molecule is CC1(C(=O)c2cc(Br)ccc2F)CCCCO1. The summed E-state index contributed by atoms with van der Waals surface area (Å²) in [5, 5.41) is 0. The van der Waals surface area contributed by atoms with Crippen LogP contribution in [0.25, 0.3) is 0 Å². The largest absolute Gasteiger partial charge is 0.367 e. The van der Waals surface area contributed by atoms with E-state index in [1.54, 1.807) is 13.0 Å². The minimum atomic E-state index is -0.875. The second-order valence-electron chi connectivity index (χ2n) is 4.49. The van der Waals surface area contributed by atoms with Crippen molar-refractivity contribution in [1.29, 1.82) is 0 Å². The number of benzene rings is 1. The lowest BCUT2D eigenvalue weighted by atomic mass is 9.87. The average molecular weight is 301 g/mol. The maximum absolute atomic E-state index is 13.6. The zero-order valence-electron chi connectivity index (χ0n) is 9.63. The van der Waals surface area contributed by atoms with Crippen LogP contribution >= 0.6 is 15.9 Å². The molecule has 92 valence electrons. The van der Waals surface area contributed by atoms with Crippen LogP contribution in [0.2, 0.25) is 0 Å². The molecule has 0 amide bonds. The first kappa shape index (κ1) is 12.7. The van der Waals surface area contributed by atoms with Crippen LogP contribution < -0.4 is 0 Å². The first-order chi connectivity index (χ1) is 8.03. The van der Waals surface area contributed by atoms with Gasteiger partial charge in [-0.15, -0.1) is 0 Å². The van der Waals surface area contributed by atoms with Crippen molar-refractivity contribution in [1.82, 2.24) is 0 Å². The summed E-state index contributed by atoms with van der Waals surface area (Å²) in [6.07, 6.45) is 2.56. The van der Waals surface area contributed by atoms with Crippen LogP contribution in [-0.4, -0.2) is 18.0 Å². The maximum Gasteiger partial charge on any atom is 0.197 e. The Morgan fingerprint density at radius 1 is 1.47 bits per heavy atom. The molecule has 2 nitrogen and oxygen atoms in total. The van der Waals surface area contributed by atoms with Crippen molar-refractivity contribution >= 4 is 21.7 Å². The van der Waals surface area contributed by atoms with Gasteiger partial charge >= 0.3 is 0 Å². The molecule has 1 aromatic rings. The Kier molecular flexibility index (Phi) is 3.64. The molecule has 0 aromatic heterocycles. The minimum absolute atomic E-state index is 0.101. The van der Waals surface area contributed by atoms with Gasteiger partial charge in [0, 0.05) is 11.1 Å². The van der Waals surface area contributed by atoms with Crippen molar-refractivity contribution in [2.45, 2.75) is 31.8 Å². The van der Waals surface area contributed by atoms with Gasteiger partial charge in [0.15, 0.2) is 5.78 Å². The number of rotatable bonds is 2. The highest BCUT2D eigenvalue weighted by molar-refractivity contribution is 9.10. The Morgan fingerprint density at radius 3 is 2.88 bits per heavy atom. The summed E-state index contributed by atoms with van der Waals surface area (Å²) >= 11 is 3.25. The lowest BCUT2D eigenvalue weighted by Gasteiger charge is -2.32. The summed E-state index contributed by atoms with van der Waals surface area (Å²) in [6, 6.07) is 4.39. The molecule has 2 rings (SSSR count). The van der Waals surface area contributed by atoms with Gasteiger partial charge in [0.25, 0.3) is 0 Å². The third kappa shape index (κ3) is 2.58. The van der Waals surface area contributed by atoms with Crippen molar-refractivity contribution in [2.24, 2.45) is 0 Å². The summed E-state index contributed by atoms with van der Waals surface area (Å²) in [6.45, 7) is 2.31. The maximum atomic E-state index is 13.6. The van der Waals surface area contributed by atoms with Gasteiger partial charge in [-0.25, -0.2) is 4.39 Å². The molecule has 1 atom stereocenters. The van der Waals surface area contributed by atoms with Crippen LogP contribution in [0.4, 0.5) is 4.39 Å². The minimum Gasteiger partial charge on any atom is -0.367 e. The van der Waals surface area contributed by atoms with Crippen LogP contribution in [0, 0.1) is 5.82 Å². The highest BCUT2D eigenvalue weighted by atomic mass is 79.9. The van der Waals surface area contributed by atoms with Crippen molar-refractivity contribution in [3.8, 4) is 0 Å². The van der Waals surface area contributed by atoms with E-state index in [1.165, 1.54) is 12.1 Å². The van der Waals surface area contributed by atoms with Crippen LogP contribution in [0.1, 0.15) is 36.5 Å². The fraction of sp³-hybridized carbons (Fsp3) is 0.462. The Morgan fingerprint density at radius 2 is 2.24 bits per heavy atom. The summed E-state index contributed by atoms with van der Waals surface area (Å²) in [5.74, 6) is -0.760. The Bertz CT molecular complexity index is 439. The summed E-state index contributed by atoms with van der Waals surface area (Å²) in [7, 11) is 0. The second kappa shape index (κ2) is 4.86. The summed E-state index contributed by atoms with van der Waals surface area (Å²) in [4.78, 5) is 12.3. The van der Waals surface area contributed by atoms with E-state index >= 15 is 0 Å². The Balaban J connectivity index is 2.32. The molecule has 17 heavy (non-hydrogen) atoms. The lowest BCUT2D eigenvalue weighted by Crippen LogP contribution is -2.41. The first-order valence-electron chi connectivity index (χ1n) is 5.67. The number of carbonyl (C=O) groups is 1. The van der Waals surface area contributed by atoms with Crippen LogP contribution in [0.15, 0.2) is 22.7 Å². The van der Waals surface area contributed by atoms with Crippen LogP contribution in [-0.2, 0) is 4.74 Å². The molecule has 1 aliphatic heterocycles. The number of ether oxygens (including phenoxy) is 1. The van der Waals surface area contributed by atoms with E-state index in [9.17, 15) is 9.18 Å². The number of carbonyl (C=O) groups excluding carboxylic acids is 1. The first-order valence-corrected chi connectivity index (χ1v) is 6.46. The number of halogens is 2. The van der Waals surface area contributed by atoms with Gasteiger partial charge in [0.1, 0.15) is 11.4 Å². The molecule has 0 saturated carbocycles. The second-order valence-corrected chi connectivity index (χ2v) is 5.41. The van der Waals surface area contributed by atoms with E-state index in [2.05, 4.69) is 15.9 Å². The molecular weight excluding hydrogens is 287 g/mol. The summed E-state index contributed by atoms with van der Waals surface area (Å²) < 4.78 is 19.9. The average Bonchev–Trinajstić information content (AvgIpc) is 2.32. The van der Waals surface area contributed by atoms with Gasteiger partial charge in [-0.05, 0) is 44.4 Å². The molecule has 0 bridgehead atoms. The molecule has 1 saturated heterocycles. The van der Waals surface area contributed by atoms with E-state index in [1.807, 2.05) is 0 Å². The molecule has 0 spiro atoms. The fourth-order valence-electron chi connectivity index (χ4n) is 2.07. The van der Waals surface area contributed by atoms with Gasteiger partial charge in [0.2, 0.25) is 0 Å². The smallest absolute Gasteiger partial charge is 0.197 e. The van der Waals surface area contributed by atoms with E-state index in [0.717, 1.165) is 12.8 Å². The fourth-order valence-corrected chi connectivity index (χ4v) is 2.43. The predicted molar refractivity (Wildman–Crippen MR) is 66.6 cm³/mol. The van der Waals surface area contributed by atoms with Crippen LogP contribution in [0.3, 0.4) is 0 Å². The predicted octanol–water partition coefficient (Wildman–Crippen LogP) is 3.73. The highest BCUT2D eigenvalue weighted by Gasteiger charge is 2.37. The molecule has 1 unspecified atom stereocenters. The number of hydrogen-bond donors (Lipinski definition) is 0. The monoisotopic (exact) mass is 300 g/mol. The molecular formula is C13H14BrFO2. The number of Topliss-reactive ketones (excluding diaryl/α,β-unsaturated/α-hetero) is 1. The van der Waals surface area contributed by atoms with Crippen molar-refractivity contribution in [2.75, 3.05) is 6.61 Å². The normalized spacial score (nSPS) is 24.6. The van der Waals surface area contributed by atoms with Gasteiger partial charge < -0.3 is 4.74 Å². The van der Waals surface area contributed by atoms with E-state index in [-0.39, 0.29) is 11.3 Å². The molecule has 0 aliphatic carbocycles. The van der Waals surface area contributed by atoms with Crippen molar-refractivity contribution in [3.63, 3.8) is 0 Å². The van der Waals surface area contributed by atoms with Crippen LogP contribution in [0.5, 0.6) is 0 Å². The zero-order valence-corrected chi connectivity index (χ0v) is 11.2. The van der Waals surface area contributed by atoms with Gasteiger partial charge in [-0.1, -0.05) is 15.9 Å². The van der Waals surface area contributed by atoms with Gasteiger partial charge in [-0.2, -0.15) is 0 Å². The zero-order chi connectivity index (χ0) is 12.5. The standard InChI is InChI=1S/C13H14BrFO2/c1-13(6-2-3-7-17-13)12(16)10-8-9(14)4-5-11(10)15/h4-5,8H,2-3,6-7H2,1H3. The Hall–Kier alpha value is -0.740. The van der Waals surface area contributed by atoms with Gasteiger partial charge in [0.05, 0.1) is 5.56 Å². The molecule has 4 heteroatoms. The molecule has 1 aromatic carbocycles. The molecule has 1 aliphatic rings. The Labute approximate surface area is 108 Å². The molecule has 0 N–H and O–H groups in total. The molecule has 1 fully saturated rings. The van der Waals surface area contributed by atoms with Gasteiger partial charge in [-0.3, -0.25) is 4.79 Å². The topological polar surface area (TPSA) is 26.3 Å². The highest BCUT2D eigenvalue weighted by Crippen LogP contribution is 2.30. The molecule has 0 radical (unpaired) electrons.